The van der Waals surface area contributed by atoms with Crippen LogP contribution in [-0.4, -0.2) is 0 Å². The fourth-order valence-electron chi connectivity index (χ4n) is 1.27. The molecule has 1 nitrogen and oxygen atoms in total. The van der Waals surface area contributed by atoms with Gasteiger partial charge in [-0.05, 0) is 37.1 Å². The monoisotopic (exact) mass is 171 g/mol. The average Bonchev–Trinajstić information content (AvgIpc) is 2.75. The fourth-order valence-corrected chi connectivity index (χ4v) is 1.27. The highest BCUT2D eigenvalue weighted by Gasteiger charge is 2.06. The fraction of sp³-hybridized carbons (Fsp3) is 0.167. The smallest absolute Gasteiger partial charge is 0.0981 e. The van der Waals surface area contributed by atoms with Crippen LogP contribution in [0.25, 0.3) is 5.57 Å². The predicted octanol–water partition coefficient (Wildman–Crippen LogP) is 3.37. The standard InChI is InChI=1S/C12H11O/c1-9(2)10-3-4-11(7-10)12-5-6-13-8-12/h3-6,8H,1-2H3. The van der Waals surface area contributed by atoms with Gasteiger partial charge >= 0.3 is 0 Å². The average molecular weight is 171 g/mol. The van der Waals surface area contributed by atoms with Gasteiger partial charge in [0.2, 0.25) is 0 Å². The predicted molar refractivity (Wildman–Crippen MR) is 52.9 cm³/mol. The van der Waals surface area contributed by atoms with Crippen molar-refractivity contribution in [2.45, 2.75) is 13.8 Å². The third kappa shape index (κ3) is 1.50. The molecule has 1 heteroatoms. The summed E-state index contributed by atoms with van der Waals surface area (Å²) >= 11 is 0. The van der Waals surface area contributed by atoms with E-state index in [1.807, 2.05) is 6.07 Å². The second kappa shape index (κ2) is 3.09. The summed E-state index contributed by atoms with van der Waals surface area (Å²) in [5, 5.41) is 0. The maximum Gasteiger partial charge on any atom is 0.0981 e. The van der Waals surface area contributed by atoms with Gasteiger partial charge in [-0.3, -0.25) is 0 Å². The van der Waals surface area contributed by atoms with E-state index in [-0.39, 0.29) is 0 Å². The van der Waals surface area contributed by atoms with Crippen molar-refractivity contribution in [3.8, 4) is 0 Å². The van der Waals surface area contributed by atoms with Gasteiger partial charge in [0.15, 0.2) is 0 Å². The Balaban J connectivity index is 2.37. The van der Waals surface area contributed by atoms with Crippen LogP contribution in [0.1, 0.15) is 19.4 Å². The van der Waals surface area contributed by atoms with E-state index in [2.05, 4.69) is 32.1 Å². The van der Waals surface area contributed by atoms with E-state index in [1.54, 1.807) is 12.5 Å². The first-order chi connectivity index (χ1) is 6.27. The molecule has 0 fully saturated rings. The molecule has 1 aromatic heterocycles. The van der Waals surface area contributed by atoms with Crippen LogP contribution < -0.4 is 0 Å². The minimum Gasteiger partial charge on any atom is -0.472 e. The van der Waals surface area contributed by atoms with Crippen molar-refractivity contribution in [1.29, 1.82) is 0 Å². The van der Waals surface area contributed by atoms with Crippen LogP contribution in [0.5, 0.6) is 0 Å². The zero-order chi connectivity index (χ0) is 9.26. The highest BCUT2D eigenvalue weighted by molar-refractivity contribution is 5.78. The maximum absolute atomic E-state index is 5.01. The second-order valence-corrected chi connectivity index (χ2v) is 3.30. The van der Waals surface area contributed by atoms with Crippen molar-refractivity contribution in [2.24, 2.45) is 0 Å². The number of rotatable bonds is 1. The Morgan fingerprint density at radius 3 is 2.69 bits per heavy atom. The zero-order valence-corrected chi connectivity index (χ0v) is 7.79. The Bertz CT molecular complexity index is 385. The Morgan fingerprint density at radius 1 is 1.31 bits per heavy atom. The van der Waals surface area contributed by atoms with Crippen molar-refractivity contribution >= 4 is 5.57 Å². The molecule has 0 amide bonds. The van der Waals surface area contributed by atoms with Crippen molar-refractivity contribution in [2.75, 3.05) is 0 Å². The van der Waals surface area contributed by atoms with Gasteiger partial charge in [0.1, 0.15) is 0 Å². The van der Waals surface area contributed by atoms with Gasteiger partial charge in [-0.25, -0.2) is 0 Å². The first-order valence-electron chi connectivity index (χ1n) is 4.29. The molecule has 1 aliphatic carbocycles. The first kappa shape index (κ1) is 8.11. The lowest BCUT2D eigenvalue weighted by atomic mass is 10.1. The molecule has 13 heavy (non-hydrogen) atoms. The van der Waals surface area contributed by atoms with E-state index in [0.717, 1.165) is 11.1 Å². The summed E-state index contributed by atoms with van der Waals surface area (Å²) in [7, 11) is 0. The van der Waals surface area contributed by atoms with Gasteiger partial charge in [-0.15, -0.1) is 0 Å². The molecule has 0 saturated carbocycles. The Labute approximate surface area is 78.1 Å². The van der Waals surface area contributed by atoms with Crippen LogP contribution in [0.2, 0.25) is 0 Å². The summed E-state index contributed by atoms with van der Waals surface area (Å²) in [4.78, 5) is 0. The topological polar surface area (TPSA) is 13.1 Å². The largest absolute Gasteiger partial charge is 0.472 e. The number of hydrogen-bond acceptors (Lipinski definition) is 1. The second-order valence-electron chi connectivity index (χ2n) is 3.30. The van der Waals surface area contributed by atoms with Gasteiger partial charge < -0.3 is 4.42 Å². The lowest BCUT2D eigenvalue weighted by Gasteiger charge is -1.92. The summed E-state index contributed by atoms with van der Waals surface area (Å²) in [6, 6.07) is 1.95. The molecule has 0 bridgehead atoms. The summed E-state index contributed by atoms with van der Waals surface area (Å²) < 4.78 is 5.01. The summed E-state index contributed by atoms with van der Waals surface area (Å²) in [5.41, 5.74) is 4.66. The van der Waals surface area contributed by atoms with E-state index in [9.17, 15) is 0 Å². The molecular formula is C12H11O. The van der Waals surface area contributed by atoms with E-state index < -0.39 is 0 Å². The first-order valence-corrected chi connectivity index (χ1v) is 4.29. The quantitative estimate of drug-likeness (QED) is 0.631. The van der Waals surface area contributed by atoms with Crippen LogP contribution in [0.4, 0.5) is 0 Å². The van der Waals surface area contributed by atoms with Gasteiger partial charge in [-0.1, -0.05) is 17.7 Å². The van der Waals surface area contributed by atoms with Crippen LogP contribution in [0.3, 0.4) is 0 Å². The molecule has 1 aliphatic rings. The van der Waals surface area contributed by atoms with Gasteiger partial charge in [-0.2, -0.15) is 0 Å². The van der Waals surface area contributed by atoms with E-state index in [4.69, 9.17) is 4.42 Å². The molecule has 0 N–H and O–H groups in total. The highest BCUT2D eigenvalue weighted by atomic mass is 16.3. The minimum absolute atomic E-state index is 1.09. The SMILES string of the molecule is CC(C)=C1[C]=C(c2ccoc2)C=C1. The molecule has 0 spiro atoms. The molecule has 0 aliphatic heterocycles. The third-order valence-electron chi connectivity index (χ3n) is 2.06. The molecule has 0 aromatic carbocycles. The molecule has 0 unspecified atom stereocenters. The van der Waals surface area contributed by atoms with Gasteiger partial charge in [0.05, 0.1) is 12.5 Å². The molecule has 1 aromatic rings. The Morgan fingerprint density at radius 2 is 2.15 bits per heavy atom. The Kier molecular flexibility index (Phi) is 1.93. The maximum atomic E-state index is 5.01. The summed E-state index contributed by atoms with van der Waals surface area (Å²) in [5.74, 6) is 0. The lowest BCUT2D eigenvalue weighted by Crippen LogP contribution is -1.74. The molecule has 2 rings (SSSR count). The van der Waals surface area contributed by atoms with Crippen molar-refractivity contribution < 1.29 is 4.42 Å². The van der Waals surface area contributed by atoms with Crippen LogP contribution in [0, 0.1) is 6.08 Å². The highest BCUT2D eigenvalue weighted by Crippen LogP contribution is 2.25. The minimum atomic E-state index is 1.09. The lowest BCUT2D eigenvalue weighted by molar-refractivity contribution is 0.566. The van der Waals surface area contributed by atoms with Crippen molar-refractivity contribution in [1.82, 2.24) is 0 Å². The summed E-state index contributed by atoms with van der Waals surface area (Å²) in [6.07, 6.45) is 10.9. The molecule has 1 heterocycles. The normalized spacial score (nSPS) is 14.9. The van der Waals surface area contributed by atoms with Crippen molar-refractivity contribution in [3.05, 3.63) is 53.5 Å². The van der Waals surface area contributed by atoms with Crippen LogP contribution in [-0.2, 0) is 0 Å². The Hall–Kier alpha value is -1.50. The zero-order valence-electron chi connectivity index (χ0n) is 7.79. The van der Waals surface area contributed by atoms with Gasteiger partial charge in [0.25, 0.3) is 0 Å². The summed E-state index contributed by atoms with van der Waals surface area (Å²) in [6.45, 7) is 4.18. The van der Waals surface area contributed by atoms with E-state index in [1.165, 1.54) is 11.1 Å². The number of allylic oxidation sites excluding steroid dienone is 6. The molecule has 0 saturated heterocycles. The molecular weight excluding hydrogens is 160 g/mol. The van der Waals surface area contributed by atoms with Crippen LogP contribution >= 0.6 is 0 Å². The molecule has 65 valence electrons. The van der Waals surface area contributed by atoms with Crippen LogP contribution in [0.15, 0.2) is 46.3 Å². The van der Waals surface area contributed by atoms with Crippen molar-refractivity contribution in [3.63, 3.8) is 0 Å². The molecule has 1 radical (unpaired) electrons. The number of furan rings is 1. The van der Waals surface area contributed by atoms with Gasteiger partial charge in [0, 0.05) is 5.56 Å². The number of hydrogen-bond donors (Lipinski definition) is 0. The molecule has 0 atom stereocenters. The van der Waals surface area contributed by atoms with E-state index >= 15 is 0 Å². The third-order valence-corrected chi connectivity index (χ3v) is 2.06. The van der Waals surface area contributed by atoms with E-state index in [0.29, 0.717) is 0 Å².